The average Bonchev–Trinajstić information content (AvgIpc) is 2.62. The molecule has 0 aliphatic rings. The van der Waals surface area contributed by atoms with Crippen molar-refractivity contribution < 1.29 is 4.42 Å². The van der Waals surface area contributed by atoms with Gasteiger partial charge in [-0.25, -0.2) is 4.99 Å². The van der Waals surface area contributed by atoms with Gasteiger partial charge in [-0.15, -0.1) is 0 Å². The van der Waals surface area contributed by atoms with Crippen LogP contribution in [0.25, 0.3) is 11.0 Å². The first-order chi connectivity index (χ1) is 11.7. The quantitative estimate of drug-likeness (QED) is 0.682. The Morgan fingerprint density at radius 3 is 2.42 bits per heavy atom. The molecule has 1 heterocycles. The van der Waals surface area contributed by atoms with Gasteiger partial charge in [0, 0.05) is 36.3 Å². The maximum atomic E-state index is 6.05. The highest BCUT2D eigenvalue weighted by Gasteiger charge is 2.06. The summed E-state index contributed by atoms with van der Waals surface area (Å²) in [6.45, 7) is 9.04. The first-order valence-corrected chi connectivity index (χ1v) is 8.55. The lowest BCUT2D eigenvalue weighted by Gasteiger charge is -2.21. The molecule has 1 aromatic heterocycles. The van der Waals surface area contributed by atoms with E-state index in [9.17, 15) is 0 Å². The molecular formula is C21H24N2O. The lowest BCUT2D eigenvalue weighted by Crippen LogP contribution is -2.21. The molecule has 0 aliphatic heterocycles. The number of anilines is 1. The van der Waals surface area contributed by atoms with Crippen molar-refractivity contribution in [2.45, 2.75) is 27.3 Å². The summed E-state index contributed by atoms with van der Waals surface area (Å²) in [5.74, 6) is 0. The molecule has 3 heteroatoms. The Hall–Kier alpha value is -2.55. The highest BCUT2D eigenvalue weighted by atomic mass is 16.3. The number of aryl methyl sites for hydroxylation is 1. The standard InChI is InChI=1S/C21H24N2O/c1-4-23(5-2)18-11-12-19-16(3)13-21(24-20(19)14-18)22-15-17-9-7-6-8-10-17/h6-14H,4-5,15H2,1-3H3. The van der Waals surface area contributed by atoms with Crippen molar-refractivity contribution in [3.63, 3.8) is 0 Å². The van der Waals surface area contributed by atoms with E-state index >= 15 is 0 Å². The number of hydrogen-bond acceptors (Lipinski definition) is 3. The summed E-state index contributed by atoms with van der Waals surface area (Å²) in [6.07, 6.45) is 0. The molecule has 0 radical (unpaired) electrons. The van der Waals surface area contributed by atoms with E-state index in [4.69, 9.17) is 4.42 Å². The third-order valence-corrected chi connectivity index (χ3v) is 4.33. The molecule has 0 spiro atoms. The Bertz CT molecular complexity index is 877. The van der Waals surface area contributed by atoms with E-state index in [1.54, 1.807) is 0 Å². The predicted molar refractivity (Wildman–Crippen MR) is 100 cm³/mol. The van der Waals surface area contributed by atoms with Crippen LogP contribution in [0.15, 0.2) is 64.0 Å². The number of rotatable bonds is 5. The molecule has 24 heavy (non-hydrogen) atoms. The highest BCUT2D eigenvalue weighted by Crippen LogP contribution is 2.23. The van der Waals surface area contributed by atoms with Gasteiger partial charge in [0.15, 0.2) is 0 Å². The van der Waals surface area contributed by atoms with E-state index in [-0.39, 0.29) is 0 Å². The van der Waals surface area contributed by atoms with Crippen LogP contribution in [0.5, 0.6) is 0 Å². The minimum atomic E-state index is 0.630. The van der Waals surface area contributed by atoms with Crippen LogP contribution in [-0.4, -0.2) is 13.1 Å². The predicted octanol–water partition coefficient (Wildman–Crippen LogP) is 4.69. The molecule has 2 aromatic carbocycles. The average molecular weight is 320 g/mol. The van der Waals surface area contributed by atoms with E-state index in [0.717, 1.165) is 24.1 Å². The van der Waals surface area contributed by atoms with Gasteiger partial charge in [0.25, 0.3) is 0 Å². The van der Waals surface area contributed by atoms with Crippen LogP contribution < -0.4 is 10.5 Å². The van der Waals surface area contributed by atoms with Crippen LogP contribution in [0, 0.1) is 6.92 Å². The fourth-order valence-corrected chi connectivity index (χ4v) is 2.94. The second-order valence-corrected chi connectivity index (χ2v) is 5.92. The van der Waals surface area contributed by atoms with Crippen molar-refractivity contribution >= 4 is 16.7 Å². The minimum Gasteiger partial charge on any atom is -0.439 e. The van der Waals surface area contributed by atoms with Gasteiger partial charge in [-0.2, -0.15) is 0 Å². The molecule has 0 aliphatic carbocycles. The first kappa shape index (κ1) is 16.3. The van der Waals surface area contributed by atoms with Crippen molar-refractivity contribution in [1.82, 2.24) is 0 Å². The smallest absolute Gasteiger partial charge is 0.215 e. The molecule has 3 rings (SSSR count). The molecule has 0 saturated heterocycles. The lowest BCUT2D eigenvalue weighted by atomic mass is 10.1. The number of hydrogen-bond donors (Lipinski definition) is 0. The van der Waals surface area contributed by atoms with Gasteiger partial charge >= 0.3 is 0 Å². The summed E-state index contributed by atoms with van der Waals surface area (Å²) in [5, 5.41) is 1.14. The summed E-state index contributed by atoms with van der Waals surface area (Å²) in [6, 6.07) is 18.7. The Balaban J connectivity index is 2.00. The maximum Gasteiger partial charge on any atom is 0.215 e. The number of benzene rings is 2. The highest BCUT2D eigenvalue weighted by molar-refractivity contribution is 5.83. The number of fused-ring (bicyclic) bond motifs is 1. The van der Waals surface area contributed by atoms with Gasteiger partial charge < -0.3 is 9.32 Å². The number of nitrogens with zero attached hydrogens (tertiary/aromatic N) is 2. The van der Waals surface area contributed by atoms with Gasteiger partial charge in [0.05, 0.1) is 6.54 Å². The molecule has 0 amide bonds. The topological polar surface area (TPSA) is 28.7 Å². The van der Waals surface area contributed by atoms with Gasteiger partial charge in [0.1, 0.15) is 5.58 Å². The van der Waals surface area contributed by atoms with E-state index in [2.05, 4.69) is 61.0 Å². The lowest BCUT2D eigenvalue weighted by molar-refractivity contribution is 0.533. The molecule has 0 N–H and O–H groups in total. The Morgan fingerprint density at radius 2 is 1.71 bits per heavy atom. The summed E-state index contributed by atoms with van der Waals surface area (Å²) >= 11 is 0. The third kappa shape index (κ3) is 3.51. The van der Waals surface area contributed by atoms with Crippen molar-refractivity contribution in [2.24, 2.45) is 4.99 Å². The zero-order valence-corrected chi connectivity index (χ0v) is 14.6. The molecule has 0 fully saturated rings. The summed E-state index contributed by atoms with van der Waals surface area (Å²) in [7, 11) is 0. The Kier molecular flexibility index (Phi) is 4.99. The van der Waals surface area contributed by atoms with Crippen LogP contribution in [0.2, 0.25) is 0 Å². The molecule has 3 aromatic rings. The van der Waals surface area contributed by atoms with E-state index in [0.29, 0.717) is 12.1 Å². The van der Waals surface area contributed by atoms with Crippen molar-refractivity contribution in [1.29, 1.82) is 0 Å². The second-order valence-electron chi connectivity index (χ2n) is 5.92. The van der Waals surface area contributed by atoms with Gasteiger partial charge in [-0.1, -0.05) is 30.3 Å². The SMILES string of the molecule is CCN(CC)c1ccc2c(C)cc(=NCc3ccccc3)oc2c1. The summed E-state index contributed by atoms with van der Waals surface area (Å²) < 4.78 is 6.05. The molecule has 0 unspecified atom stereocenters. The second kappa shape index (κ2) is 7.35. The van der Waals surface area contributed by atoms with Crippen LogP contribution in [-0.2, 0) is 6.54 Å². The zero-order valence-electron chi connectivity index (χ0n) is 14.6. The van der Waals surface area contributed by atoms with Crippen LogP contribution in [0.3, 0.4) is 0 Å². The fourth-order valence-electron chi connectivity index (χ4n) is 2.94. The monoisotopic (exact) mass is 320 g/mol. The molecule has 0 saturated carbocycles. The normalized spacial score (nSPS) is 11.9. The van der Waals surface area contributed by atoms with Crippen LogP contribution in [0.1, 0.15) is 25.0 Å². The fraction of sp³-hybridized carbons (Fsp3) is 0.286. The third-order valence-electron chi connectivity index (χ3n) is 4.33. The Morgan fingerprint density at radius 1 is 0.958 bits per heavy atom. The molecule has 3 nitrogen and oxygen atoms in total. The van der Waals surface area contributed by atoms with Crippen molar-refractivity contribution in [3.8, 4) is 0 Å². The first-order valence-electron chi connectivity index (χ1n) is 8.55. The van der Waals surface area contributed by atoms with Gasteiger partial charge in [-0.05, 0) is 44.0 Å². The van der Waals surface area contributed by atoms with Gasteiger partial charge in [-0.3, -0.25) is 0 Å². The van der Waals surface area contributed by atoms with Crippen molar-refractivity contribution in [3.05, 3.63) is 71.3 Å². The maximum absolute atomic E-state index is 6.05. The van der Waals surface area contributed by atoms with E-state index in [1.165, 1.54) is 16.8 Å². The van der Waals surface area contributed by atoms with Crippen molar-refractivity contribution in [2.75, 3.05) is 18.0 Å². The van der Waals surface area contributed by atoms with E-state index in [1.807, 2.05) is 24.3 Å². The molecule has 124 valence electrons. The summed E-state index contributed by atoms with van der Waals surface area (Å²) in [4.78, 5) is 6.94. The Labute approximate surface area is 143 Å². The van der Waals surface area contributed by atoms with Gasteiger partial charge in [0.2, 0.25) is 5.55 Å². The summed E-state index contributed by atoms with van der Waals surface area (Å²) in [5.41, 5.74) is 5.14. The zero-order chi connectivity index (χ0) is 16.9. The minimum absolute atomic E-state index is 0.630. The largest absolute Gasteiger partial charge is 0.439 e. The molecule has 0 atom stereocenters. The van der Waals surface area contributed by atoms with E-state index < -0.39 is 0 Å². The molecular weight excluding hydrogens is 296 g/mol. The van der Waals surface area contributed by atoms with Crippen LogP contribution >= 0.6 is 0 Å². The van der Waals surface area contributed by atoms with Crippen LogP contribution in [0.4, 0.5) is 5.69 Å². The molecule has 0 bridgehead atoms.